The van der Waals surface area contributed by atoms with Gasteiger partial charge in [0, 0.05) is 11.3 Å². The van der Waals surface area contributed by atoms with Crippen LogP contribution in [0.3, 0.4) is 0 Å². The van der Waals surface area contributed by atoms with Crippen molar-refractivity contribution in [2.24, 2.45) is 0 Å². The predicted molar refractivity (Wildman–Crippen MR) is 48.5 cm³/mol. The molecular formula is C10H6N2O. The van der Waals surface area contributed by atoms with Gasteiger partial charge in [0.25, 0.3) is 0 Å². The van der Waals surface area contributed by atoms with Crippen LogP contribution in [0.4, 0.5) is 5.69 Å². The van der Waals surface area contributed by atoms with E-state index >= 15 is 0 Å². The summed E-state index contributed by atoms with van der Waals surface area (Å²) in [5.41, 5.74) is 6.89. The summed E-state index contributed by atoms with van der Waals surface area (Å²) >= 11 is 0. The molecule has 62 valence electrons. The van der Waals surface area contributed by atoms with Crippen molar-refractivity contribution in [3.8, 4) is 17.9 Å². The van der Waals surface area contributed by atoms with E-state index in [2.05, 4.69) is 11.8 Å². The first-order valence-electron chi connectivity index (χ1n) is 3.52. The number of hydrogen-bond acceptors (Lipinski definition) is 3. The summed E-state index contributed by atoms with van der Waals surface area (Å²) in [6, 6.07) is 6.73. The van der Waals surface area contributed by atoms with E-state index in [4.69, 9.17) is 11.0 Å². The third-order valence-corrected chi connectivity index (χ3v) is 1.45. The average molecular weight is 170 g/mol. The number of anilines is 1. The van der Waals surface area contributed by atoms with Crippen molar-refractivity contribution in [1.29, 1.82) is 5.26 Å². The highest BCUT2D eigenvalue weighted by Crippen LogP contribution is 2.11. The van der Waals surface area contributed by atoms with Crippen molar-refractivity contribution < 1.29 is 4.79 Å². The molecule has 0 aliphatic carbocycles. The number of hydrogen-bond donors (Lipinski definition) is 1. The van der Waals surface area contributed by atoms with E-state index in [9.17, 15) is 4.79 Å². The fourth-order valence-electron chi connectivity index (χ4n) is 0.844. The lowest BCUT2D eigenvalue weighted by Crippen LogP contribution is -1.90. The molecule has 2 N–H and O–H groups in total. The molecule has 1 aromatic carbocycles. The first kappa shape index (κ1) is 8.83. The topological polar surface area (TPSA) is 66.9 Å². The summed E-state index contributed by atoms with van der Waals surface area (Å²) in [6.07, 6.45) is 0.502. The van der Waals surface area contributed by atoms with E-state index in [1.807, 2.05) is 6.07 Å². The molecule has 0 fully saturated rings. The van der Waals surface area contributed by atoms with Gasteiger partial charge in [0.15, 0.2) is 6.29 Å². The third-order valence-electron chi connectivity index (χ3n) is 1.45. The minimum atomic E-state index is 0.373. The van der Waals surface area contributed by atoms with E-state index in [1.54, 1.807) is 18.2 Å². The van der Waals surface area contributed by atoms with Crippen molar-refractivity contribution in [3.63, 3.8) is 0 Å². The molecule has 0 amide bonds. The molecule has 0 radical (unpaired) electrons. The molecule has 1 aromatic rings. The SMILES string of the molecule is N#Cc1cc(C#CC=O)ccc1N. The molecular weight excluding hydrogens is 164 g/mol. The van der Waals surface area contributed by atoms with Gasteiger partial charge < -0.3 is 5.73 Å². The molecule has 0 unspecified atom stereocenters. The average Bonchev–Trinajstić information content (AvgIpc) is 2.16. The highest BCUT2D eigenvalue weighted by molar-refractivity contribution is 5.74. The fraction of sp³-hybridized carbons (Fsp3) is 0. The summed E-state index contributed by atoms with van der Waals surface area (Å²) in [6.45, 7) is 0. The van der Waals surface area contributed by atoms with Gasteiger partial charge in [-0.2, -0.15) is 5.26 Å². The first-order chi connectivity index (χ1) is 6.27. The third kappa shape index (κ3) is 2.08. The Hall–Kier alpha value is -2.26. The quantitative estimate of drug-likeness (QED) is 0.354. The summed E-state index contributed by atoms with van der Waals surface area (Å²) in [5, 5.41) is 8.62. The van der Waals surface area contributed by atoms with Crippen LogP contribution in [0.2, 0.25) is 0 Å². The lowest BCUT2D eigenvalue weighted by Gasteiger charge is -1.95. The predicted octanol–water partition coefficient (Wildman–Crippen LogP) is 0.691. The van der Waals surface area contributed by atoms with Crippen molar-refractivity contribution >= 4 is 12.0 Å². The van der Waals surface area contributed by atoms with E-state index in [1.165, 1.54) is 0 Å². The number of nitrogen functional groups attached to an aromatic ring is 1. The van der Waals surface area contributed by atoms with Gasteiger partial charge in [-0.3, -0.25) is 4.79 Å². The van der Waals surface area contributed by atoms with Crippen LogP contribution in [-0.4, -0.2) is 6.29 Å². The zero-order chi connectivity index (χ0) is 9.68. The van der Waals surface area contributed by atoms with E-state index in [0.29, 0.717) is 23.1 Å². The molecule has 13 heavy (non-hydrogen) atoms. The van der Waals surface area contributed by atoms with Gasteiger partial charge in [-0.1, -0.05) is 5.92 Å². The number of nitrogens with zero attached hydrogens (tertiary/aromatic N) is 1. The standard InChI is InChI=1S/C10H6N2O/c11-7-9-6-8(2-1-5-13)3-4-10(9)12/h3-6H,12H2. The maximum Gasteiger partial charge on any atom is 0.193 e. The number of benzene rings is 1. The molecule has 0 aliphatic heterocycles. The van der Waals surface area contributed by atoms with Gasteiger partial charge in [-0.25, -0.2) is 0 Å². The Morgan fingerprint density at radius 3 is 2.85 bits per heavy atom. The lowest BCUT2D eigenvalue weighted by atomic mass is 10.1. The molecule has 0 spiro atoms. The molecule has 0 bridgehead atoms. The van der Waals surface area contributed by atoms with E-state index < -0.39 is 0 Å². The van der Waals surface area contributed by atoms with Gasteiger partial charge >= 0.3 is 0 Å². The van der Waals surface area contributed by atoms with Gasteiger partial charge in [-0.05, 0) is 24.1 Å². The van der Waals surface area contributed by atoms with E-state index in [0.717, 1.165) is 0 Å². The minimum absolute atomic E-state index is 0.373. The minimum Gasteiger partial charge on any atom is -0.398 e. The highest BCUT2D eigenvalue weighted by atomic mass is 16.1. The number of carbonyl (C=O) groups excluding carboxylic acids is 1. The number of rotatable bonds is 0. The maximum absolute atomic E-state index is 9.94. The Bertz CT molecular complexity index is 432. The smallest absolute Gasteiger partial charge is 0.193 e. The maximum atomic E-state index is 9.94. The number of nitriles is 1. The second kappa shape index (κ2) is 3.94. The Labute approximate surface area is 75.8 Å². The van der Waals surface area contributed by atoms with Gasteiger partial charge in [0.1, 0.15) is 6.07 Å². The Morgan fingerprint density at radius 1 is 1.46 bits per heavy atom. The molecule has 0 aliphatic rings. The monoisotopic (exact) mass is 170 g/mol. The molecule has 3 nitrogen and oxygen atoms in total. The molecule has 0 aromatic heterocycles. The number of nitrogens with two attached hydrogens (primary N) is 1. The van der Waals surface area contributed by atoms with Crippen LogP contribution in [-0.2, 0) is 4.79 Å². The molecule has 0 saturated carbocycles. The van der Waals surface area contributed by atoms with Crippen LogP contribution in [0.25, 0.3) is 0 Å². The Morgan fingerprint density at radius 2 is 2.23 bits per heavy atom. The van der Waals surface area contributed by atoms with Crippen LogP contribution >= 0.6 is 0 Å². The molecule has 3 heteroatoms. The number of carbonyl (C=O) groups is 1. The lowest BCUT2D eigenvalue weighted by molar-refractivity contribution is -0.103. The molecule has 0 atom stereocenters. The molecule has 1 rings (SSSR count). The van der Waals surface area contributed by atoms with E-state index in [-0.39, 0.29) is 0 Å². The van der Waals surface area contributed by atoms with Crippen LogP contribution in [0.5, 0.6) is 0 Å². The largest absolute Gasteiger partial charge is 0.398 e. The summed E-state index contributed by atoms with van der Waals surface area (Å²) in [5.74, 6) is 4.83. The Balaban J connectivity index is 3.15. The van der Waals surface area contributed by atoms with Crippen LogP contribution < -0.4 is 5.73 Å². The zero-order valence-corrected chi connectivity index (χ0v) is 6.74. The second-order valence-corrected chi connectivity index (χ2v) is 2.30. The van der Waals surface area contributed by atoms with Crippen molar-refractivity contribution in [2.75, 3.05) is 5.73 Å². The van der Waals surface area contributed by atoms with Gasteiger partial charge in [0.05, 0.1) is 5.56 Å². The van der Waals surface area contributed by atoms with Crippen LogP contribution in [0.15, 0.2) is 18.2 Å². The molecule has 0 saturated heterocycles. The fourth-order valence-corrected chi connectivity index (χ4v) is 0.844. The normalized spacial score (nSPS) is 7.92. The summed E-state index contributed by atoms with van der Waals surface area (Å²) in [4.78, 5) is 9.94. The van der Waals surface area contributed by atoms with Gasteiger partial charge in [-0.15, -0.1) is 0 Å². The number of aldehydes is 1. The Kier molecular flexibility index (Phi) is 2.68. The van der Waals surface area contributed by atoms with Crippen molar-refractivity contribution in [2.45, 2.75) is 0 Å². The summed E-state index contributed by atoms with van der Waals surface area (Å²) < 4.78 is 0. The highest BCUT2D eigenvalue weighted by Gasteiger charge is 1.97. The summed E-state index contributed by atoms with van der Waals surface area (Å²) in [7, 11) is 0. The molecule has 0 heterocycles. The van der Waals surface area contributed by atoms with Gasteiger partial charge in [0.2, 0.25) is 0 Å². The van der Waals surface area contributed by atoms with Crippen LogP contribution in [0, 0.1) is 23.2 Å². The second-order valence-electron chi connectivity index (χ2n) is 2.30. The van der Waals surface area contributed by atoms with Crippen LogP contribution in [0.1, 0.15) is 11.1 Å². The van der Waals surface area contributed by atoms with Crippen molar-refractivity contribution in [3.05, 3.63) is 29.3 Å². The zero-order valence-electron chi connectivity index (χ0n) is 6.74. The first-order valence-corrected chi connectivity index (χ1v) is 3.52. The van der Waals surface area contributed by atoms with Crippen molar-refractivity contribution in [1.82, 2.24) is 0 Å².